The molecule has 0 bridgehead atoms. The molecule has 0 aromatic heterocycles. The van der Waals surface area contributed by atoms with E-state index < -0.39 is 0 Å². The quantitative estimate of drug-likeness (QED) is 0.202. The third-order valence-electron chi connectivity index (χ3n) is 9.81. The summed E-state index contributed by atoms with van der Waals surface area (Å²) < 4.78 is 8.76. The van der Waals surface area contributed by atoms with Crippen molar-refractivity contribution in [2.45, 2.75) is 45.6 Å². The maximum Gasteiger partial charge on any atom is 0.229 e. The van der Waals surface area contributed by atoms with E-state index in [-0.39, 0.29) is 18.2 Å². The van der Waals surface area contributed by atoms with Crippen LogP contribution in [0, 0.1) is 11.8 Å². The van der Waals surface area contributed by atoms with Gasteiger partial charge in [-0.1, -0.05) is 42.2 Å². The lowest BCUT2D eigenvalue weighted by atomic mass is 10.0. The second kappa shape index (κ2) is 12.6. The lowest BCUT2D eigenvalue weighted by Crippen LogP contribution is -2.35. The smallest absolute Gasteiger partial charge is 0.229 e. The number of nitrogens with zero attached hydrogens (tertiary/aromatic N) is 4. The third-order valence-corrected chi connectivity index (χ3v) is 9.81. The van der Waals surface area contributed by atoms with Crippen molar-refractivity contribution in [2.75, 3.05) is 42.5 Å². The minimum atomic E-state index is -0.0399. The van der Waals surface area contributed by atoms with Gasteiger partial charge in [0.25, 0.3) is 0 Å². The molecule has 0 fully saturated rings. The van der Waals surface area contributed by atoms with Gasteiger partial charge in [0.05, 0.1) is 18.3 Å². The van der Waals surface area contributed by atoms with E-state index >= 15 is 0 Å². The summed E-state index contributed by atoms with van der Waals surface area (Å²) in [5.41, 5.74) is 8.34. The standard InChI is InChI=1S/C40H37N5O3/c1-2-43-20-16-29-22-32-37(24-35(29)43)48-38-25-36-30(23-33(38)42-32)17-21-44(36)19-7-12-39(46)41-18-15-40(47)45-26-31-10-4-3-8-27(31)13-14-28-9-5-6-11-34(28)45/h3-6,8-11,22-25H,2,7,12,15-21,26H2,1H3/p+1. The highest BCUT2D eigenvalue weighted by molar-refractivity contribution is 5.95. The topological polar surface area (TPSA) is 77.2 Å². The fourth-order valence-corrected chi connectivity index (χ4v) is 7.26. The number of fused-ring (bicyclic) bond motifs is 6. The van der Waals surface area contributed by atoms with Gasteiger partial charge in [-0.3, -0.25) is 9.59 Å². The molecule has 4 aromatic rings. The largest absolute Gasteiger partial charge is 0.452 e. The minimum absolute atomic E-state index is 0.0377. The minimum Gasteiger partial charge on any atom is -0.452 e. The average Bonchev–Trinajstić information content (AvgIpc) is 3.68. The van der Waals surface area contributed by atoms with Crippen LogP contribution in [0.2, 0.25) is 0 Å². The summed E-state index contributed by atoms with van der Waals surface area (Å²) in [5, 5.41) is 5.02. The Bertz CT molecular complexity index is 2160. The molecule has 8 nitrogen and oxygen atoms in total. The zero-order valence-electron chi connectivity index (χ0n) is 27.2. The van der Waals surface area contributed by atoms with Gasteiger partial charge in [0.1, 0.15) is 24.1 Å². The number of hydrogen-bond donors (Lipinski definition) is 1. The Morgan fingerprint density at radius 1 is 0.896 bits per heavy atom. The van der Waals surface area contributed by atoms with Crippen LogP contribution in [0.15, 0.2) is 77.8 Å². The lowest BCUT2D eigenvalue weighted by Gasteiger charge is -2.26. The lowest BCUT2D eigenvalue weighted by molar-refractivity contribution is -0.121. The summed E-state index contributed by atoms with van der Waals surface area (Å²) in [4.78, 5) is 35.4. The predicted molar refractivity (Wildman–Crippen MR) is 187 cm³/mol. The van der Waals surface area contributed by atoms with Crippen molar-refractivity contribution in [1.82, 2.24) is 9.89 Å². The number of likely N-dealkylation sites (N-methyl/N-ethyl adjacent to an activating group) is 1. The highest BCUT2D eigenvalue weighted by Gasteiger charge is 2.26. The van der Waals surface area contributed by atoms with E-state index in [1.807, 2.05) is 48.5 Å². The Kier molecular flexibility index (Phi) is 7.89. The zero-order valence-corrected chi connectivity index (χ0v) is 27.2. The van der Waals surface area contributed by atoms with Gasteiger partial charge in [0, 0.05) is 73.8 Å². The molecule has 8 heteroatoms. The molecule has 2 amide bonds. The number of para-hydroxylation sites is 1. The van der Waals surface area contributed by atoms with Crippen LogP contribution in [0.1, 0.15) is 54.0 Å². The van der Waals surface area contributed by atoms with Crippen LogP contribution >= 0.6 is 0 Å². The molecule has 4 aliphatic rings. The Balaban J connectivity index is 0.883. The first-order valence-corrected chi connectivity index (χ1v) is 17.0. The van der Waals surface area contributed by atoms with Crippen molar-refractivity contribution >= 4 is 28.9 Å². The molecule has 240 valence electrons. The second-order valence-electron chi connectivity index (χ2n) is 12.8. The van der Waals surface area contributed by atoms with Crippen molar-refractivity contribution < 1.29 is 14.3 Å². The fraction of sp³-hybridized carbons (Fsp3) is 0.300. The molecule has 0 unspecified atom stereocenters. The molecule has 0 radical (unpaired) electrons. The number of benzene rings is 4. The SMILES string of the molecule is CCN1CCc2cc3c(cc21)Oc1cc2c(cc1=N3)CC[N+]=2CCCC(=O)NCCC(=O)N1Cc2ccccc2C#Cc2ccccc21. The summed E-state index contributed by atoms with van der Waals surface area (Å²) in [5.74, 6) is 8.01. The van der Waals surface area contributed by atoms with Crippen LogP contribution in [-0.2, 0) is 29.0 Å². The van der Waals surface area contributed by atoms with Gasteiger partial charge in [-0.2, -0.15) is 0 Å². The molecule has 8 rings (SSSR count). The number of rotatable bonds is 8. The van der Waals surface area contributed by atoms with E-state index in [1.54, 1.807) is 4.90 Å². The van der Waals surface area contributed by atoms with Crippen LogP contribution < -0.4 is 35.1 Å². The Labute approximate surface area is 280 Å². The monoisotopic (exact) mass is 636 g/mol. The van der Waals surface area contributed by atoms with Gasteiger partial charge < -0.3 is 19.9 Å². The van der Waals surface area contributed by atoms with Gasteiger partial charge in [0.2, 0.25) is 17.2 Å². The van der Waals surface area contributed by atoms with Crippen molar-refractivity contribution in [1.29, 1.82) is 0 Å². The number of carbonyl (C=O) groups is 2. The summed E-state index contributed by atoms with van der Waals surface area (Å²) in [6.07, 6.45) is 3.34. The molecular formula is C40H38N5O3+. The second-order valence-corrected chi connectivity index (χ2v) is 12.8. The van der Waals surface area contributed by atoms with Crippen molar-refractivity contribution in [3.63, 3.8) is 0 Å². The average molecular weight is 637 g/mol. The molecule has 0 aliphatic carbocycles. The first-order valence-electron chi connectivity index (χ1n) is 17.0. The van der Waals surface area contributed by atoms with Gasteiger partial charge >= 0.3 is 0 Å². The van der Waals surface area contributed by atoms with Gasteiger partial charge in [-0.15, -0.1) is 0 Å². The normalized spacial score (nSPS) is 14.8. The number of carbonyl (C=O) groups excluding carboxylic acids is 2. The van der Waals surface area contributed by atoms with Gasteiger partial charge in [-0.05, 0) is 54.8 Å². The zero-order chi connectivity index (χ0) is 32.6. The van der Waals surface area contributed by atoms with Crippen LogP contribution in [-0.4, -0.2) is 44.5 Å². The molecule has 0 saturated carbocycles. The summed E-state index contributed by atoms with van der Waals surface area (Å²) in [6, 6.07) is 24.3. The van der Waals surface area contributed by atoms with Crippen LogP contribution in [0.5, 0.6) is 11.5 Å². The van der Waals surface area contributed by atoms with E-state index in [2.05, 4.69) is 57.8 Å². The highest BCUT2D eigenvalue weighted by atomic mass is 16.5. The van der Waals surface area contributed by atoms with Crippen LogP contribution in [0.3, 0.4) is 0 Å². The van der Waals surface area contributed by atoms with Crippen molar-refractivity contribution in [2.24, 2.45) is 4.99 Å². The third kappa shape index (κ3) is 5.70. The Morgan fingerprint density at radius 3 is 2.62 bits per heavy atom. The van der Waals surface area contributed by atoms with Crippen molar-refractivity contribution in [3.8, 4) is 23.3 Å². The Hall–Kier alpha value is -5.42. The predicted octanol–water partition coefficient (Wildman–Crippen LogP) is 4.41. The van der Waals surface area contributed by atoms with E-state index in [9.17, 15) is 9.59 Å². The summed E-state index contributed by atoms with van der Waals surface area (Å²) in [7, 11) is 0. The number of anilines is 2. The van der Waals surface area contributed by atoms with E-state index in [1.165, 1.54) is 16.8 Å². The van der Waals surface area contributed by atoms with Crippen molar-refractivity contribution in [3.05, 3.63) is 111 Å². The maximum absolute atomic E-state index is 13.5. The first kappa shape index (κ1) is 29.9. The number of ether oxygens (including phenoxy) is 1. The summed E-state index contributed by atoms with van der Waals surface area (Å²) >= 11 is 0. The number of amides is 2. The molecule has 4 aliphatic heterocycles. The first-order chi connectivity index (χ1) is 23.5. The van der Waals surface area contributed by atoms with Crippen LogP contribution in [0.4, 0.5) is 17.1 Å². The van der Waals surface area contributed by atoms with E-state index in [4.69, 9.17) is 9.73 Å². The van der Waals surface area contributed by atoms with E-state index in [0.717, 1.165) is 95.7 Å². The molecule has 4 heterocycles. The molecule has 48 heavy (non-hydrogen) atoms. The summed E-state index contributed by atoms with van der Waals surface area (Å²) in [6.45, 7) is 6.63. The Morgan fingerprint density at radius 2 is 1.73 bits per heavy atom. The molecule has 0 saturated heterocycles. The fourth-order valence-electron chi connectivity index (χ4n) is 7.26. The number of hydrogen-bond acceptors (Lipinski definition) is 5. The van der Waals surface area contributed by atoms with E-state index in [0.29, 0.717) is 19.5 Å². The highest BCUT2D eigenvalue weighted by Crippen LogP contribution is 2.41. The number of nitrogens with one attached hydrogen (secondary N) is 1. The molecular weight excluding hydrogens is 598 g/mol. The maximum atomic E-state index is 13.5. The van der Waals surface area contributed by atoms with Gasteiger partial charge in [-0.25, -0.2) is 9.57 Å². The molecule has 4 aromatic carbocycles. The van der Waals surface area contributed by atoms with Gasteiger partial charge in [0.15, 0.2) is 11.5 Å². The molecule has 1 N–H and O–H groups in total. The molecule has 0 spiro atoms. The van der Waals surface area contributed by atoms with Crippen LogP contribution in [0.25, 0.3) is 0 Å². The molecule has 0 atom stereocenters.